The molecule has 5 heterocycles. The number of hydrogen-bond acceptors (Lipinski definition) is 9. The van der Waals surface area contributed by atoms with Crippen molar-refractivity contribution in [2.75, 3.05) is 20.8 Å². The van der Waals surface area contributed by atoms with Crippen LogP contribution in [0.5, 0.6) is 5.75 Å². The van der Waals surface area contributed by atoms with Gasteiger partial charge in [0, 0.05) is 23.5 Å². The van der Waals surface area contributed by atoms with E-state index in [1.54, 1.807) is 4.90 Å². The van der Waals surface area contributed by atoms with Crippen molar-refractivity contribution in [1.29, 1.82) is 0 Å². The number of carbonyl (C=O) groups is 4. The number of ether oxygens (including phenoxy) is 3. The molecule has 3 aliphatic heterocycles. The van der Waals surface area contributed by atoms with Crippen molar-refractivity contribution < 1.29 is 33.4 Å². The van der Waals surface area contributed by atoms with Crippen LogP contribution in [-0.2, 0) is 25.7 Å². The normalized spacial score (nSPS) is 20.5. The Morgan fingerprint density at radius 3 is 2.53 bits per heavy atom. The molecule has 0 saturated carbocycles. The Morgan fingerprint density at radius 2 is 1.76 bits per heavy atom. The van der Waals surface area contributed by atoms with Gasteiger partial charge in [-0.25, -0.2) is 19.6 Å². The van der Waals surface area contributed by atoms with E-state index in [0.717, 1.165) is 81.2 Å². The van der Waals surface area contributed by atoms with Crippen LogP contribution in [0.15, 0.2) is 84.2 Å². The minimum Gasteiger partial charge on any atom is -0.488 e. The van der Waals surface area contributed by atoms with E-state index < -0.39 is 18.2 Å². The lowest BCUT2D eigenvalue weighted by molar-refractivity contribution is -0.137. The molecule has 62 heavy (non-hydrogen) atoms. The summed E-state index contributed by atoms with van der Waals surface area (Å²) < 4.78 is 16.1. The number of aromatic amines is 2. The summed E-state index contributed by atoms with van der Waals surface area (Å²) in [5.74, 6) is 1.60. The van der Waals surface area contributed by atoms with Gasteiger partial charge in [-0.3, -0.25) is 14.9 Å². The maximum absolute atomic E-state index is 14.1. The van der Waals surface area contributed by atoms with E-state index in [2.05, 4.69) is 57.0 Å². The van der Waals surface area contributed by atoms with Crippen LogP contribution in [0.4, 0.5) is 9.59 Å². The summed E-state index contributed by atoms with van der Waals surface area (Å²) in [5.41, 5.74) is 7.46. The molecule has 2 aromatic heterocycles. The molecule has 4 amide bonds. The highest BCUT2D eigenvalue weighted by Crippen LogP contribution is 2.44. The van der Waals surface area contributed by atoms with Gasteiger partial charge in [-0.2, -0.15) is 0 Å². The molecule has 9 rings (SSSR count). The molecule has 2 saturated heterocycles. The number of imidazole rings is 2. The summed E-state index contributed by atoms with van der Waals surface area (Å²) in [6.45, 7) is 6.74. The van der Waals surface area contributed by atoms with Gasteiger partial charge in [-0.15, -0.1) is 0 Å². The summed E-state index contributed by atoms with van der Waals surface area (Å²) in [7, 11) is 2.57. The predicted molar refractivity (Wildman–Crippen MR) is 233 cm³/mol. The summed E-state index contributed by atoms with van der Waals surface area (Å²) in [6, 6.07) is 13.3. The van der Waals surface area contributed by atoms with Crippen molar-refractivity contribution in [3.8, 4) is 28.1 Å². The molecule has 0 bridgehead atoms. The van der Waals surface area contributed by atoms with Crippen molar-refractivity contribution in [2.45, 2.75) is 83.6 Å². The predicted octanol–water partition coefficient (Wildman–Crippen LogP) is 7.89. The molecule has 4 N–H and O–H groups in total. The zero-order valence-corrected chi connectivity index (χ0v) is 35.4. The number of aromatic nitrogens is 4. The fourth-order valence-electron chi connectivity index (χ4n) is 9.33. The first-order chi connectivity index (χ1) is 30.0. The van der Waals surface area contributed by atoms with Crippen molar-refractivity contribution in [3.63, 3.8) is 0 Å². The molecule has 5 aromatic rings. The van der Waals surface area contributed by atoms with Gasteiger partial charge in [0.1, 0.15) is 35.7 Å². The summed E-state index contributed by atoms with van der Waals surface area (Å²) >= 11 is 0. The van der Waals surface area contributed by atoms with Crippen molar-refractivity contribution in [3.05, 3.63) is 101 Å². The molecule has 4 unspecified atom stereocenters. The molecule has 0 spiro atoms. The number of benzene rings is 3. The molecule has 4 atom stereocenters. The number of rotatable bonds is 8. The first-order valence-corrected chi connectivity index (χ1v) is 21.2. The quantitative estimate of drug-likeness (QED) is 0.113. The first kappa shape index (κ1) is 40.5. The third kappa shape index (κ3) is 7.34. The van der Waals surface area contributed by atoms with E-state index in [-0.39, 0.29) is 41.6 Å². The maximum atomic E-state index is 14.1. The topological polar surface area (TPSA) is 184 Å². The standard InChI is InChI=1S/C47H50N8O7/c1-25(2)39(52-46(58)60-4)45(57)55-26(3)13-18-37(55)42-48-23-35(50-42)29-14-16-31-30(20-29)24-62-38-22-32-28(21-33(31)38)15-17-34-41(32)51-43(49-34)36-12-9-19-54(36)44(56)40(53-47(59)61-5)27-10-7-6-8-11-27/h6-8,10,14-17,20-23,25-26,36-37,39H,9,11-13,18-19,24H2,1-5H3,(H,48,50)(H,49,51)(H,52,58)(H,53,59). The second-order valence-electron chi connectivity index (χ2n) is 16.7. The number of H-pyrrole nitrogens is 2. The zero-order chi connectivity index (χ0) is 43.2. The van der Waals surface area contributed by atoms with Gasteiger partial charge >= 0.3 is 12.2 Å². The molecule has 4 aliphatic rings. The summed E-state index contributed by atoms with van der Waals surface area (Å²) in [6.07, 6.45) is 11.6. The molecular weight excluding hydrogens is 789 g/mol. The average molecular weight is 839 g/mol. The SMILES string of the molecule is COC(=O)NC(C(=O)N1CCCC1c1nc2c(ccc3cc4c(cc32)OCc2cc(-c3cnc(C5CCC(C)N5C(=O)C(NC(=O)OC)C(C)C)[nH]3)ccc2-4)[nH]1)=C1C=CC=CC1. The van der Waals surface area contributed by atoms with E-state index in [9.17, 15) is 19.2 Å². The number of carbonyl (C=O) groups excluding carboxylic acids is 4. The highest BCUT2D eigenvalue weighted by Gasteiger charge is 2.41. The van der Waals surface area contributed by atoms with E-state index in [0.29, 0.717) is 36.8 Å². The first-order valence-electron chi connectivity index (χ1n) is 21.2. The van der Waals surface area contributed by atoms with E-state index in [1.807, 2.05) is 62.2 Å². The van der Waals surface area contributed by atoms with Gasteiger partial charge in [0.05, 0.1) is 49.2 Å². The molecule has 15 heteroatoms. The maximum Gasteiger partial charge on any atom is 0.411 e. The summed E-state index contributed by atoms with van der Waals surface area (Å²) in [5, 5.41) is 7.35. The number of fused-ring (bicyclic) bond motifs is 6. The molecule has 320 valence electrons. The molecular formula is C47H50N8O7. The van der Waals surface area contributed by atoms with E-state index in [4.69, 9.17) is 24.2 Å². The molecule has 0 radical (unpaired) electrons. The highest BCUT2D eigenvalue weighted by molar-refractivity contribution is 6.07. The Bertz CT molecular complexity index is 2710. The Balaban J connectivity index is 0.967. The van der Waals surface area contributed by atoms with Crippen LogP contribution < -0.4 is 15.4 Å². The zero-order valence-electron chi connectivity index (χ0n) is 35.4. The number of allylic oxidation sites excluding steroid dienone is 5. The third-order valence-electron chi connectivity index (χ3n) is 12.6. The number of nitrogens with zero attached hydrogens (tertiary/aromatic N) is 4. The summed E-state index contributed by atoms with van der Waals surface area (Å²) in [4.78, 5) is 72.9. The van der Waals surface area contributed by atoms with Crippen molar-refractivity contribution >= 4 is 45.8 Å². The monoisotopic (exact) mass is 838 g/mol. The van der Waals surface area contributed by atoms with E-state index >= 15 is 0 Å². The lowest BCUT2D eigenvalue weighted by Gasteiger charge is -2.32. The average Bonchev–Trinajstić information content (AvgIpc) is 4.12. The van der Waals surface area contributed by atoms with Crippen molar-refractivity contribution in [1.82, 2.24) is 40.4 Å². The number of alkyl carbamates (subject to hydrolysis) is 2. The Labute approximate surface area is 358 Å². The Morgan fingerprint density at radius 1 is 0.919 bits per heavy atom. The van der Waals surface area contributed by atoms with Crippen LogP contribution in [-0.4, -0.2) is 86.6 Å². The Kier molecular flexibility index (Phi) is 10.8. The van der Waals surface area contributed by atoms with Crippen LogP contribution in [0.25, 0.3) is 44.2 Å². The largest absolute Gasteiger partial charge is 0.488 e. The van der Waals surface area contributed by atoms with Crippen molar-refractivity contribution in [2.24, 2.45) is 5.92 Å². The second kappa shape index (κ2) is 16.5. The minimum absolute atomic E-state index is 0.0186. The van der Waals surface area contributed by atoms with Gasteiger partial charge in [0.25, 0.3) is 5.91 Å². The van der Waals surface area contributed by atoms with Gasteiger partial charge in [0.2, 0.25) is 5.91 Å². The lowest BCUT2D eigenvalue weighted by Crippen LogP contribution is -2.52. The van der Waals surface area contributed by atoms with Gasteiger partial charge in [0.15, 0.2) is 0 Å². The van der Waals surface area contributed by atoms with Gasteiger partial charge in [-0.1, -0.05) is 56.4 Å². The Hall–Kier alpha value is -6.90. The number of amides is 4. The van der Waals surface area contributed by atoms with Crippen LogP contribution >= 0.6 is 0 Å². The van der Waals surface area contributed by atoms with Crippen LogP contribution in [0.2, 0.25) is 0 Å². The highest BCUT2D eigenvalue weighted by atomic mass is 16.5. The number of nitrogens with one attached hydrogen (secondary N) is 4. The smallest absolute Gasteiger partial charge is 0.411 e. The lowest BCUT2D eigenvalue weighted by atomic mass is 9.92. The number of hydrogen-bond donors (Lipinski definition) is 4. The number of likely N-dealkylation sites (tertiary alicyclic amines) is 2. The fourth-order valence-corrected chi connectivity index (χ4v) is 9.33. The second-order valence-corrected chi connectivity index (χ2v) is 16.7. The molecule has 15 nitrogen and oxygen atoms in total. The third-order valence-corrected chi connectivity index (χ3v) is 12.6. The van der Waals surface area contributed by atoms with Crippen LogP contribution in [0.1, 0.15) is 82.2 Å². The van der Waals surface area contributed by atoms with Crippen LogP contribution in [0, 0.1) is 5.92 Å². The molecule has 1 aliphatic carbocycles. The fraction of sp³-hybridized carbons (Fsp3) is 0.362. The minimum atomic E-state index is -0.721. The van der Waals surface area contributed by atoms with Crippen LogP contribution in [0.3, 0.4) is 0 Å². The van der Waals surface area contributed by atoms with Gasteiger partial charge < -0.3 is 39.3 Å². The number of methoxy groups -OCH3 is 2. The molecule has 2 fully saturated rings. The van der Waals surface area contributed by atoms with Gasteiger partial charge in [-0.05, 0) is 96.9 Å². The van der Waals surface area contributed by atoms with E-state index in [1.165, 1.54) is 14.2 Å². The molecule has 3 aromatic carbocycles.